The first-order chi connectivity index (χ1) is 9.82. The van der Waals surface area contributed by atoms with Crippen LogP contribution in [0.25, 0.3) is 0 Å². The Balaban J connectivity index is 2.44. The van der Waals surface area contributed by atoms with Crippen molar-refractivity contribution >= 4 is 11.8 Å². The summed E-state index contributed by atoms with van der Waals surface area (Å²) in [6.07, 6.45) is 2.15. The lowest BCUT2D eigenvalue weighted by Crippen LogP contribution is -2.46. The van der Waals surface area contributed by atoms with Crippen molar-refractivity contribution in [3.05, 3.63) is 24.2 Å². The Bertz CT molecular complexity index is 457. The van der Waals surface area contributed by atoms with Crippen LogP contribution >= 0.6 is 0 Å². The van der Waals surface area contributed by atoms with Gasteiger partial charge in [0.1, 0.15) is 6.04 Å². The van der Waals surface area contributed by atoms with Crippen LogP contribution in [0, 0.1) is 5.92 Å². The van der Waals surface area contributed by atoms with E-state index in [2.05, 4.69) is 19.2 Å². The SMILES string of the molecule is CC(NC(=O)c1ccco1)C(=O)N(C)CCC(N)C(C)C. The van der Waals surface area contributed by atoms with Gasteiger partial charge in [-0.25, -0.2) is 0 Å². The molecule has 0 aromatic carbocycles. The molecular formula is C15H25N3O3. The van der Waals surface area contributed by atoms with Crippen LogP contribution < -0.4 is 11.1 Å². The minimum atomic E-state index is -0.608. The van der Waals surface area contributed by atoms with Gasteiger partial charge in [-0.05, 0) is 31.4 Å². The van der Waals surface area contributed by atoms with Gasteiger partial charge in [0, 0.05) is 19.6 Å². The van der Waals surface area contributed by atoms with Crippen molar-refractivity contribution in [3.8, 4) is 0 Å². The fraction of sp³-hybridized carbons (Fsp3) is 0.600. The first-order valence-electron chi connectivity index (χ1n) is 7.17. The average Bonchev–Trinajstić information content (AvgIpc) is 2.97. The Hall–Kier alpha value is -1.82. The molecule has 1 aromatic rings. The fourth-order valence-electron chi connectivity index (χ4n) is 1.85. The molecule has 0 aliphatic rings. The van der Waals surface area contributed by atoms with Gasteiger partial charge in [-0.3, -0.25) is 9.59 Å². The van der Waals surface area contributed by atoms with E-state index in [0.717, 1.165) is 6.42 Å². The Morgan fingerprint density at radius 2 is 2.05 bits per heavy atom. The molecule has 6 heteroatoms. The lowest BCUT2D eigenvalue weighted by Gasteiger charge is -2.24. The number of likely N-dealkylation sites (N-methyl/N-ethyl adjacent to an activating group) is 1. The fourth-order valence-corrected chi connectivity index (χ4v) is 1.85. The summed E-state index contributed by atoms with van der Waals surface area (Å²) in [6, 6.07) is 2.63. The van der Waals surface area contributed by atoms with Crippen molar-refractivity contribution < 1.29 is 14.0 Å². The van der Waals surface area contributed by atoms with Gasteiger partial charge in [0.05, 0.1) is 6.26 Å². The van der Waals surface area contributed by atoms with E-state index in [1.54, 1.807) is 31.0 Å². The normalized spacial score (nSPS) is 13.8. The molecule has 118 valence electrons. The highest BCUT2D eigenvalue weighted by Gasteiger charge is 2.21. The zero-order valence-electron chi connectivity index (χ0n) is 13.1. The minimum Gasteiger partial charge on any atom is -0.459 e. The number of rotatable bonds is 7. The second-order valence-corrected chi connectivity index (χ2v) is 5.63. The summed E-state index contributed by atoms with van der Waals surface area (Å²) in [4.78, 5) is 25.6. The van der Waals surface area contributed by atoms with Crippen molar-refractivity contribution in [1.82, 2.24) is 10.2 Å². The number of carbonyl (C=O) groups excluding carboxylic acids is 2. The predicted molar refractivity (Wildman–Crippen MR) is 80.7 cm³/mol. The largest absolute Gasteiger partial charge is 0.459 e. The number of hydrogen-bond acceptors (Lipinski definition) is 4. The quantitative estimate of drug-likeness (QED) is 0.792. The van der Waals surface area contributed by atoms with E-state index in [-0.39, 0.29) is 17.7 Å². The lowest BCUT2D eigenvalue weighted by molar-refractivity contribution is -0.131. The lowest BCUT2D eigenvalue weighted by atomic mass is 10.0. The number of nitrogens with one attached hydrogen (secondary N) is 1. The van der Waals surface area contributed by atoms with Crippen LogP contribution in [0.5, 0.6) is 0 Å². The third-order valence-corrected chi connectivity index (χ3v) is 3.49. The molecule has 0 saturated carbocycles. The van der Waals surface area contributed by atoms with Crippen LogP contribution in [0.2, 0.25) is 0 Å². The van der Waals surface area contributed by atoms with E-state index in [1.165, 1.54) is 6.26 Å². The molecule has 3 N–H and O–H groups in total. The van der Waals surface area contributed by atoms with Gasteiger partial charge in [-0.15, -0.1) is 0 Å². The molecule has 0 bridgehead atoms. The topological polar surface area (TPSA) is 88.6 Å². The minimum absolute atomic E-state index is 0.0632. The predicted octanol–water partition coefficient (Wildman–Crippen LogP) is 1.23. The van der Waals surface area contributed by atoms with Gasteiger partial charge in [-0.1, -0.05) is 13.8 Å². The smallest absolute Gasteiger partial charge is 0.287 e. The Morgan fingerprint density at radius 3 is 2.57 bits per heavy atom. The van der Waals surface area contributed by atoms with E-state index >= 15 is 0 Å². The van der Waals surface area contributed by atoms with E-state index in [0.29, 0.717) is 12.5 Å². The number of nitrogens with two attached hydrogens (primary N) is 1. The summed E-state index contributed by atoms with van der Waals surface area (Å²) < 4.78 is 4.99. The number of nitrogens with zero attached hydrogens (tertiary/aromatic N) is 1. The molecule has 0 saturated heterocycles. The maximum atomic E-state index is 12.2. The zero-order valence-corrected chi connectivity index (χ0v) is 13.1. The molecule has 2 unspecified atom stereocenters. The number of hydrogen-bond donors (Lipinski definition) is 2. The zero-order chi connectivity index (χ0) is 16.0. The Morgan fingerprint density at radius 1 is 1.38 bits per heavy atom. The van der Waals surface area contributed by atoms with Gasteiger partial charge < -0.3 is 20.4 Å². The molecule has 1 rings (SSSR count). The molecule has 0 spiro atoms. The second-order valence-electron chi connectivity index (χ2n) is 5.63. The summed E-state index contributed by atoms with van der Waals surface area (Å²) in [7, 11) is 1.71. The summed E-state index contributed by atoms with van der Waals surface area (Å²) in [5, 5.41) is 2.62. The van der Waals surface area contributed by atoms with Crippen molar-refractivity contribution in [2.75, 3.05) is 13.6 Å². The van der Waals surface area contributed by atoms with Gasteiger partial charge in [0.25, 0.3) is 5.91 Å². The highest BCUT2D eigenvalue weighted by atomic mass is 16.3. The summed E-state index contributed by atoms with van der Waals surface area (Å²) in [5.74, 6) is 0.0303. The molecule has 6 nitrogen and oxygen atoms in total. The van der Waals surface area contributed by atoms with Crippen LogP contribution in [0.15, 0.2) is 22.8 Å². The van der Waals surface area contributed by atoms with E-state index in [1.807, 2.05) is 0 Å². The first kappa shape index (κ1) is 17.2. The molecule has 2 amide bonds. The van der Waals surface area contributed by atoms with Crippen LogP contribution in [0.1, 0.15) is 37.7 Å². The molecular weight excluding hydrogens is 270 g/mol. The Labute approximate surface area is 125 Å². The van der Waals surface area contributed by atoms with E-state index in [4.69, 9.17) is 10.2 Å². The van der Waals surface area contributed by atoms with Crippen LogP contribution in [0.4, 0.5) is 0 Å². The molecule has 0 radical (unpaired) electrons. The molecule has 1 aromatic heterocycles. The standard InChI is InChI=1S/C15H25N3O3/c1-10(2)12(16)7-8-18(4)15(20)11(3)17-14(19)13-6-5-9-21-13/h5-6,9-12H,7-8,16H2,1-4H3,(H,17,19). The van der Waals surface area contributed by atoms with Crippen LogP contribution in [-0.2, 0) is 4.79 Å². The van der Waals surface area contributed by atoms with Crippen molar-refractivity contribution in [2.45, 2.75) is 39.3 Å². The summed E-state index contributed by atoms with van der Waals surface area (Å²) in [5.41, 5.74) is 5.97. The van der Waals surface area contributed by atoms with Crippen LogP contribution in [-0.4, -0.2) is 42.4 Å². The van der Waals surface area contributed by atoms with Crippen molar-refractivity contribution in [3.63, 3.8) is 0 Å². The molecule has 0 fully saturated rings. The first-order valence-corrected chi connectivity index (χ1v) is 7.17. The maximum Gasteiger partial charge on any atom is 0.287 e. The number of furan rings is 1. The molecule has 21 heavy (non-hydrogen) atoms. The van der Waals surface area contributed by atoms with Gasteiger partial charge in [0.2, 0.25) is 5.91 Å². The van der Waals surface area contributed by atoms with Crippen molar-refractivity contribution in [1.29, 1.82) is 0 Å². The molecule has 0 aliphatic carbocycles. The average molecular weight is 295 g/mol. The monoisotopic (exact) mass is 295 g/mol. The number of carbonyl (C=O) groups is 2. The third kappa shape index (κ3) is 5.23. The van der Waals surface area contributed by atoms with Gasteiger partial charge >= 0.3 is 0 Å². The number of amides is 2. The van der Waals surface area contributed by atoms with Gasteiger partial charge in [0.15, 0.2) is 5.76 Å². The van der Waals surface area contributed by atoms with Gasteiger partial charge in [-0.2, -0.15) is 0 Å². The Kier molecular flexibility index (Phi) is 6.42. The molecule has 2 atom stereocenters. The maximum absolute atomic E-state index is 12.2. The molecule has 0 aliphatic heterocycles. The highest BCUT2D eigenvalue weighted by Crippen LogP contribution is 2.05. The third-order valence-electron chi connectivity index (χ3n) is 3.49. The molecule has 1 heterocycles. The summed E-state index contributed by atoms with van der Waals surface area (Å²) in [6.45, 7) is 6.33. The van der Waals surface area contributed by atoms with Crippen LogP contribution in [0.3, 0.4) is 0 Å². The highest BCUT2D eigenvalue weighted by molar-refractivity contribution is 5.95. The summed E-state index contributed by atoms with van der Waals surface area (Å²) >= 11 is 0. The second kappa shape index (κ2) is 7.83. The van der Waals surface area contributed by atoms with Crippen molar-refractivity contribution in [2.24, 2.45) is 11.7 Å². The van der Waals surface area contributed by atoms with E-state index in [9.17, 15) is 9.59 Å². The van der Waals surface area contributed by atoms with E-state index < -0.39 is 11.9 Å².